The Balaban J connectivity index is 3.73. The van der Waals surface area contributed by atoms with E-state index in [1.807, 2.05) is 0 Å². The van der Waals surface area contributed by atoms with Crippen LogP contribution in [0.5, 0.6) is 0 Å². The number of methoxy groups -OCH3 is 1. The molecule has 1 atom stereocenters. The zero-order valence-electron chi connectivity index (χ0n) is 7.41. The Labute approximate surface area is 73.3 Å². The fraction of sp³-hybridized carbons (Fsp3) is 1.00. The van der Waals surface area contributed by atoms with E-state index >= 15 is 0 Å². The molecule has 1 unspecified atom stereocenters. The van der Waals surface area contributed by atoms with Gasteiger partial charge in [-0.1, -0.05) is 0 Å². The molecule has 0 saturated carbocycles. The van der Waals surface area contributed by atoms with Gasteiger partial charge >= 0.3 is 0 Å². The minimum Gasteiger partial charge on any atom is -0.384 e. The zero-order chi connectivity index (χ0) is 9.61. The molecule has 0 aliphatic rings. The van der Waals surface area contributed by atoms with Crippen molar-refractivity contribution < 1.29 is 13.2 Å². The van der Waals surface area contributed by atoms with Gasteiger partial charge in [0.1, 0.15) is 0 Å². The van der Waals surface area contributed by atoms with Crippen molar-refractivity contribution in [2.75, 3.05) is 26.0 Å². The summed E-state index contributed by atoms with van der Waals surface area (Å²) in [5.41, 5.74) is 5.37. The van der Waals surface area contributed by atoms with Crippen LogP contribution in [0.25, 0.3) is 0 Å². The highest BCUT2D eigenvalue weighted by Gasteiger charge is 2.09. The smallest absolute Gasteiger partial charge is 0.213 e. The fourth-order valence-electron chi connectivity index (χ4n) is 0.524. The lowest BCUT2D eigenvalue weighted by atomic mass is 10.4. The molecule has 12 heavy (non-hydrogen) atoms. The van der Waals surface area contributed by atoms with Crippen LogP contribution in [0, 0.1) is 0 Å². The van der Waals surface area contributed by atoms with E-state index < -0.39 is 10.0 Å². The van der Waals surface area contributed by atoms with Crippen LogP contribution in [0.3, 0.4) is 0 Å². The van der Waals surface area contributed by atoms with Gasteiger partial charge in [0.25, 0.3) is 0 Å². The third kappa shape index (κ3) is 6.53. The molecule has 0 bridgehead atoms. The molecular formula is C6H16N2O3S. The van der Waals surface area contributed by atoms with Crippen LogP contribution < -0.4 is 10.5 Å². The van der Waals surface area contributed by atoms with Crippen LogP contribution in [-0.4, -0.2) is 40.5 Å². The maximum absolute atomic E-state index is 11.0. The molecule has 0 aromatic carbocycles. The summed E-state index contributed by atoms with van der Waals surface area (Å²) in [6.45, 7) is 2.21. The van der Waals surface area contributed by atoms with Crippen molar-refractivity contribution in [1.82, 2.24) is 4.72 Å². The van der Waals surface area contributed by atoms with E-state index in [9.17, 15) is 8.42 Å². The SMILES string of the molecule is COCCS(=O)(=O)NCC(C)N. The Morgan fingerprint density at radius 1 is 1.58 bits per heavy atom. The summed E-state index contributed by atoms with van der Waals surface area (Å²) >= 11 is 0. The molecule has 5 nitrogen and oxygen atoms in total. The Bertz CT molecular complexity index is 201. The molecule has 0 heterocycles. The van der Waals surface area contributed by atoms with Gasteiger partial charge in [0.15, 0.2) is 0 Å². The number of rotatable bonds is 6. The van der Waals surface area contributed by atoms with Crippen LogP contribution in [0.2, 0.25) is 0 Å². The normalized spacial score (nSPS) is 14.6. The summed E-state index contributed by atoms with van der Waals surface area (Å²) in [7, 11) is -1.73. The quantitative estimate of drug-likeness (QED) is 0.565. The summed E-state index contributed by atoms with van der Waals surface area (Å²) in [5.74, 6) is -0.0176. The van der Waals surface area contributed by atoms with Crippen molar-refractivity contribution in [1.29, 1.82) is 0 Å². The van der Waals surface area contributed by atoms with Crippen LogP contribution in [-0.2, 0) is 14.8 Å². The molecular weight excluding hydrogens is 180 g/mol. The highest BCUT2D eigenvalue weighted by molar-refractivity contribution is 7.89. The highest BCUT2D eigenvalue weighted by atomic mass is 32.2. The molecule has 74 valence electrons. The molecule has 0 aliphatic heterocycles. The van der Waals surface area contributed by atoms with Gasteiger partial charge in [-0.2, -0.15) is 0 Å². The number of nitrogens with two attached hydrogens (primary N) is 1. The molecule has 3 N–H and O–H groups in total. The van der Waals surface area contributed by atoms with Crippen LogP contribution in [0.4, 0.5) is 0 Å². The first-order valence-electron chi connectivity index (χ1n) is 3.70. The maximum atomic E-state index is 11.0. The van der Waals surface area contributed by atoms with Gasteiger partial charge in [0.2, 0.25) is 10.0 Å². The van der Waals surface area contributed by atoms with Crippen molar-refractivity contribution in [2.45, 2.75) is 13.0 Å². The van der Waals surface area contributed by atoms with Gasteiger partial charge in [-0.05, 0) is 6.92 Å². The second-order valence-electron chi connectivity index (χ2n) is 2.64. The van der Waals surface area contributed by atoms with E-state index in [-0.39, 0.29) is 24.9 Å². The lowest BCUT2D eigenvalue weighted by Crippen LogP contribution is -2.37. The largest absolute Gasteiger partial charge is 0.384 e. The summed E-state index contributed by atoms with van der Waals surface area (Å²) in [6.07, 6.45) is 0. The van der Waals surface area contributed by atoms with Crippen molar-refractivity contribution in [2.24, 2.45) is 5.73 Å². The molecule has 0 aromatic rings. The molecule has 0 rings (SSSR count). The molecule has 0 amide bonds. The first-order valence-corrected chi connectivity index (χ1v) is 5.35. The summed E-state index contributed by atoms with van der Waals surface area (Å²) < 4.78 is 29.1. The Morgan fingerprint density at radius 3 is 2.58 bits per heavy atom. The van der Waals surface area contributed by atoms with Crippen molar-refractivity contribution in [3.8, 4) is 0 Å². The molecule has 0 spiro atoms. The summed E-state index contributed by atoms with van der Waals surface area (Å²) in [6, 6.07) is -0.165. The minimum atomic E-state index is -3.19. The molecule has 0 radical (unpaired) electrons. The van der Waals surface area contributed by atoms with Gasteiger partial charge in [0, 0.05) is 19.7 Å². The average Bonchev–Trinajstić information content (AvgIpc) is 1.98. The first-order chi connectivity index (χ1) is 5.48. The molecule has 0 saturated heterocycles. The highest BCUT2D eigenvalue weighted by Crippen LogP contribution is 1.84. The van der Waals surface area contributed by atoms with E-state index in [0.29, 0.717) is 0 Å². The van der Waals surface area contributed by atoms with Crippen molar-refractivity contribution >= 4 is 10.0 Å². The Morgan fingerprint density at radius 2 is 2.17 bits per heavy atom. The number of hydrogen-bond acceptors (Lipinski definition) is 4. The lowest BCUT2D eigenvalue weighted by Gasteiger charge is -2.07. The summed E-state index contributed by atoms with van der Waals surface area (Å²) in [5, 5.41) is 0. The third-order valence-electron chi connectivity index (χ3n) is 1.18. The van der Waals surface area contributed by atoms with Crippen molar-refractivity contribution in [3.63, 3.8) is 0 Å². The Hall–Kier alpha value is -0.170. The lowest BCUT2D eigenvalue weighted by molar-refractivity contribution is 0.217. The monoisotopic (exact) mass is 196 g/mol. The van der Waals surface area contributed by atoms with Gasteiger partial charge in [0.05, 0.1) is 12.4 Å². The minimum absolute atomic E-state index is 0.0176. The molecule has 6 heteroatoms. The standard InChI is InChI=1S/C6H16N2O3S/c1-6(7)5-8-12(9,10)4-3-11-2/h6,8H,3-5,7H2,1-2H3. The predicted octanol–water partition coefficient (Wildman–Crippen LogP) is -1.10. The third-order valence-corrected chi connectivity index (χ3v) is 2.49. The average molecular weight is 196 g/mol. The second kappa shape index (κ2) is 5.47. The first kappa shape index (κ1) is 11.8. The van der Waals surface area contributed by atoms with Gasteiger partial charge < -0.3 is 10.5 Å². The van der Waals surface area contributed by atoms with Crippen LogP contribution in [0.15, 0.2) is 0 Å². The van der Waals surface area contributed by atoms with Crippen LogP contribution in [0.1, 0.15) is 6.92 Å². The van der Waals surface area contributed by atoms with E-state index in [1.54, 1.807) is 6.92 Å². The Kier molecular flexibility index (Phi) is 5.39. The van der Waals surface area contributed by atoms with E-state index in [1.165, 1.54) is 7.11 Å². The van der Waals surface area contributed by atoms with E-state index in [0.717, 1.165) is 0 Å². The maximum Gasteiger partial charge on any atom is 0.213 e. The van der Waals surface area contributed by atoms with Gasteiger partial charge in [-0.15, -0.1) is 0 Å². The number of nitrogens with one attached hydrogen (secondary N) is 1. The summed E-state index contributed by atoms with van der Waals surface area (Å²) in [4.78, 5) is 0. The number of hydrogen-bond donors (Lipinski definition) is 2. The van der Waals surface area contributed by atoms with Gasteiger partial charge in [-0.3, -0.25) is 0 Å². The number of sulfonamides is 1. The second-order valence-corrected chi connectivity index (χ2v) is 4.56. The predicted molar refractivity (Wildman–Crippen MR) is 47.3 cm³/mol. The van der Waals surface area contributed by atoms with Gasteiger partial charge in [-0.25, -0.2) is 13.1 Å². The van der Waals surface area contributed by atoms with Crippen LogP contribution >= 0.6 is 0 Å². The number of ether oxygens (including phenoxy) is 1. The fourth-order valence-corrected chi connectivity index (χ4v) is 1.57. The molecule has 0 aliphatic carbocycles. The molecule has 0 aromatic heterocycles. The zero-order valence-corrected chi connectivity index (χ0v) is 8.23. The van der Waals surface area contributed by atoms with Crippen molar-refractivity contribution in [3.05, 3.63) is 0 Å². The topological polar surface area (TPSA) is 81.4 Å². The van der Waals surface area contributed by atoms with E-state index in [2.05, 4.69) is 9.46 Å². The molecule has 0 fully saturated rings. The van der Waals surface area contributed by atoms with E-state index in [4.69, 9.17) is 5.73 Å².